The van der Waals surface area contributed by atoms with E-state index in [0.29, 0.717) is 6.07 Å². The monoisotopic (exact) mass is 898 g/mol. The number of fused-ring (bicyclic) bond motifs is 1. The van der Waals surface area contributed by atoms with Crippen molar-refractivity contribution in [2.75, 3.05) is 16.1 Å². The highest BCUT2D eigenvalue weighted by molar-refractivity contribution is 7.91. The Labute approximate surface area is 342 Å². The topological polar surface area (TPSA) is 348 Å². The Kier molecular flexibility index (Phi) is 11.6. The maximum atomic E-state index is 13.4. The number of ketones is 1. The van der Waals surface area contributed by atoms with E-state index >= 15 is 0 Å². The zero-order valence-corrected chi connectivity index (χ0v) is 32.7. The lowest BCUT2D eigenvalue weighted by molar-refractivity contribution is -0.385. The van der Waals surface area contributed by atoms with Crippen molar-refractivity contribution in [3.8, 4) is 0 Å². The van der Waals surface area contributed by atoms with Gasteiger partial charge in [-0.2, -0.15) is 45.3 Å². The molecule has 1 aliphatic carbocycles. The second-order valence-corrected chi connectivity index (χ2v) is 16.6. The largest absolute Gasteiger partial charge is 0.478 e. The first-order chi connectivity index (χ1) is 28.1. The molecule has 0 aliphatic heterocycles. The molecule has 0 radical (unpaired) electrons. The van der Waals surface area contributed by atoms with Gasteiger partial charge in [0, 0.05) is 29.1 Å². The standard InChI is InChI=1S/C34H23ClN8O14S3/c35-32-38-33(36-20-10-12-23-19(13-20)14-28(60(55,56)57)29(30(23)44)42-41-25-4-2-1-3-24(25)31(45)46)40-34(39-32)37-21-9-7-17(26(15-21)58(49,50)51)5-6-18-8-11-22(43(47)48)16-27(18)59(52,53)54/h1-16,41H,(H,45,46)(H,49,50,51)(H,52,53,54)(H,55,56,57)(H2,36,37,38,39,40)/b6-5+,42-29+. The first-order valence-corrected chi connectivity index (χ1v) is 20.8. The summed E-state index contributed by atoms with van der Waals surface area (Å²) in [7, 11) is -15.0. The number of carboxylic acids is 1. The number of benzene rings is 4. The van der Waals surface area contributed by atoms with Gasteiger partial charge in [0.25, 0.3) is 36.0 Å². The Hall–Kier alpha value is -7.00. The van der Waals surface area contributed by atoms with Crippen molar-refractivity contribution in [1.82, 2.24) is 15.0 Å². The lowest BCUT2D eigenvalue weighted by atomic mass is 9.94. The van der Waals surface area contributed by atoms with Crippen LogP contribution in [0.15, 0.2) is 98.7 Å². The number of rotatable bonds is 13. The third kappa shape index (κ3) is 9.64. The van der Waals surface area contributed by atoms with E-state index in [1.807, 2.05) is 0 Å². The van der Waals surface area contributed by atoms with Crippen LogP contribution < -0.4 is 16.1 Å². The van der Waals surface area contributed by atoms with Crippen LogP contribution in [0, 0.1) is 10.1 Å². The molecule has 22 nitrogen and oxygen atoms in total. The maximum absolute atomic E-state index is 13.4. The fourth-order valence-electron chi connectivity index (χ4n) is 5.47. The normalized spacial score (nSPS) is 13.8. The van der Waals surface area contributed by atoms with Crippen LogP contribution in [0.1, 0.15) is 37.4 Å². The average Bonchev–Trinajstić information content (AvgIpc) is 3.15. The van der Waals surface area contributed by atoms with E-state index in [1.54, 1.807) is 0 Å². The van der Waals surface area contributed by atoms with Gasteiger partial charge in [-0.05, 0) is 82.9 Å². The van der Waals surface area contributed by atoms with Crippen molar-refractivity contribution in [1.29, 1.82) is 0 Å². The Bertz CT molecular complexity index is 3100. The number of allylic oxidation sites excluding steroid dienone is 1. The fourth-order valence-corrected chi connectivity index (χ4v) is 7.70. The Morgan fingerprint density at radius 1 is 0.767 bits per heavy atom. The number of aromatic carboxylic acids is 1. The summed E-state index contributed by atoms with van der Waals surface area (Å²) < 4.78 is 103. The van der Waals surface area contributed by atoms with E-state index in [2.05, 4.69) is 36.1 Å². The molecule has 60 heavy (non-hydrogen) atoms. The average molecular weight is 899 g/mol. The van der Waals surface area contributed by atoms with Gasteiger partial charge in [-0.1, -0.05) is 30.4 Å². The highest BCUT2D eigenvalue weighted by atomic mass is 35.5. The van der Waals surface area contributed by atoms with Gasteiger partial charge in [0.1, 0.15) is 14.7 Å². The highest BCUT2D eigenvalue weighted by Crippen LogP contribution is 2.31. The molecule has 1 aromatic heterocycles. The number of hydrogen-bond acceptors (Lipinski definition) is 17. The molecule has 0 amide bonds. The number of carbonyl (C=O) groups excluding carboxylic acids is 1. The van der Waals surface area contributed by atoms with Gasteiger partial charge in [-0.15, -0.1) is 0 Å². The van der Waals surface area contributed by atoms with Crippen molar-refractivity contribution in [2.45, 2.75) is 9.79 Å². The van der Waals surface area contributed by atoms with Gasteiger partial charge >= 0.3 is 5.97 Å². The zero-order chi connectivity index (χ0) is 43.7. The van der Waals surface area contributed by atoms with E-state index in [4.69, 9.17) is 11.6 Å². The Balaban J connectivity index is 1.27. The van der Waals surface area contributed by atoms with Gasteiger partial charge in [0.2, 0.25) is 23.0 Å². The number of aromatic nitrogens is 3. The van der Waals surface area contributed by atoms with Crippen LogP contribution in [0.2, 0.25) is 5.28 Å². The number of hydrogen-bond donors (Lipinski definition) is 7. The molecule has 0 saturated heterocycles. The minimum Gasteiger partial charge on any atom is -0.478 e. The number of nitro benzene ring substituents is 1. The first kappa shape index (κ1) is 42.6. The van der Waals surface area contributed by atoms with Crippen LogP contribution in [0.25, 0.3) is 18.2 Å². The maximum Gasteiger partial charge on any atom is 0.337 e. The number of anilines is 5. The molecule has 1 heterocycles. The molecule has 26 heteroatoms. The molecule has 0 bridgehead atoms. The number of non-ortho nitro benzene ring substituents is 1. The number of hydrazone groups is 1. The minimum atomic E-state index is -5.07. The summed E-state index contributed by atoms with van der Waals surface area (Å²) in [4.78, 5) is 44.9. The molecule has 0 unspecified atom stereocenters. The first-order valence-electron chi connectivity index (χ1n) is 16.1. The third-order valence-electron chi connectivity index (χ3n) is 8.09. The summed E-state index contributed by atoms with van der Waals surface area (Å²) in [6.45, 7) is 0. The molecule has 0 spiro atoms. The summed E-state index contributed by atoms with van der Waals surface area (Å²) in [5.74, 6) is -2.77. The summed E-state index contributed by atoms with van der Waals surface area (Å²) in [5, 5.41) is 29.4. The molecule has 0 saturated carbocycles. The smallest absolute Gasteiger partial charge is 0.337 e. The minimum absolute atomic E-state index is 0.00400. The highest BCUT2D eigenvalue weighted by Gasteiger charge is 2.33. The number of para-hydroxylation sites is 1. The summed E-state index contributed by atoms with van der Waals surface area (Å²) in [6, 6.07) is 15.5. The number of Topliss-reactive ketones (excluding diaryl/α,β-unsaturated/α-hetero) is 1. The van der Waals surface area contributed by atoms with Crippen LogP contribution in [0.5, 0.6) is 0 Å². The summed E-state index contributed by atoms with van der Waals surface area (Å²) in [5.41, 5.74) is 0.308. The third-order valence-corrected chi connectivity index (χ3v) is 10.9. The molecule has 7 N–H and O–H groups in total. The van der Waals surface area contributed by atoms with E-state index in [-0.39, 0.29) is 62.1 Å². The van der Waals surface area contributed by atoms with E-state index in [0.717, 1.165) is 36.4 Å². The van der Waals surface area contributed by atoms with Gasteiger partial charge in [0.15, 0.2) is 5.71 Å². The molecule has 6 rings (SSSR count). The van der Waals surface area contributed by atoms with Gasteiger partial charge in [-0.3, -0.25) is 34.0 Å². The van der Waals surface area contributed by atoms with Crippen LogP contribution in [-0.2, 0) is 30.4 Å². The molecule has 308 valence electrons. The SMILES string of the molecule is O=C1/C(=N/Nc2ccccc2C(=O)O)C(S(=O)(=O)O)=Cc2cc(Nc3nc(Cl)nc(Nc4ccc(/C=C/c5ccc([N+](=O)[O-])cc5S(=O)(=O)O)c(S(=O)(=O)O)c4)n3)ccc21. The lowest BCUT2D eigenvalue weighted by Gasteiger charge is -2.17. The summed E-state index contributed by atoms with van der Waals surface area (Å²) >= 11 is 6.12. The predicted octanol–water partition coefficient (Wildman–Crippen LogP) is 5.18. The Morgan fingerprint density at radius 3 is 1.92 bits per heavy atom. The number of nitrogens with one attached hydrogen (secondary N) is 3. The second kappa shape index (κ2) is 16.3. The van der Waals surface area contributed by atoms with E-state index in [9.17, 15) is 63.7 Å². The molecule has 0 fully saturated rings. The zero-order valence-electron chi connectivity index (χ0n) is 29.4. The van der Waals surface area contributed by atoms with Gasteiger partial charge in [-0.25, -0.2) is 4.79 Å². The number of nitro groups is 1. The predicted molar refractivity (Wildman–Crippen MR) is 214 cm³/mol. The number of halogens is 1. The van der Waals surface area contributed by atoms with Crippen LogP contribution in [0.4, 0.5) is 34.6 Å². The lowest BCUT2D eigenvalue weighted by Crippen LogP contribution is -2.27. The van der Waals surface area contributed by atoms with Crippen molar-refractivity contribution < 1.29 is 58.5 Å². The van der Waals surface area contributed by atoms with E-state index in [1.165, 1.54) is 54.6 Å². The molecule has 0 atom stereocenters. The van der Waals surface area contributed by atoms with Crippen molar-refractivity contribution in [3.05, 3.63) is 127 Å². The van der Waals surface area contributed by atoms with Crippen molar-refractivity contribution >= 4 is 112 Å². The molecule has 4 aromatic carbocycles. The van der Waals surface area contributed by atoms with Gasteiger partial charge < -0.3 is 15.7 Å². The van der Waals surface area contributed by atoms with Crippen LogP contribution >= 0.6 is 11.6 Å². The fraction of sp³-hybridized carbons (Fsp3) is 0. The van der Waals surface area contributed by atoms with E-state index < -0.39 is 73.1 Å². The van der Waals surface area contributed by atoms with Gasteiger partial charge in [0.05, 0.1) is 16.2 Å². The van der Waals surface area contributed by atoms with Crippen molar-refractivity contribution in [2.24, 2.45) is 5.10 Å². The molecular formula is C34H23ClN8O14S3. The van der Waals surface area contributed by atoms with Crippen LogP contribution in [-0.4, -0.2) is 81.4 Å². The number of nitrogens with zero attached hydrogens (tertiary/aromatic N) is 5. The Morgan fingerprint density at radius 2 is 1.33 bits per heavy atom. The molecule has 5 aromatic rings. The summed E-state index contributed by atoms with van der Waals surface area (Å²) in [6.07, 6.45) is 3.06. The quantitative estimate of drug-likeness (QED) is 0.0346. The van der Waals surface area contributed by atoms with Crippen LogP contribution in [0.3, 0.4) is 0 Å². The van der Waals surface area contributed by atoms with Crippen molar-refractivity contribution in [3.63, 3.8) is 0 Å². The second-order valence-electron chi connectivity index (χ2n) is 12.1. The number of carboxylic acid groups (broad SMARTS) is 1. The molecule has 1 aliphatic rings. The molecular weight excluding hydrogens is 876 g/mol. The number of carbonyl (C=O) groups is 2.